The summed E-state index contributed by atoms with van der Waals surface area (Å²) in [5.74, 6) is 2.03. The van der Waals surface area contributed by atoms with Crippen LogP contribution in [0.4, 0.5) is 10.6 Å². The van der Waals surface area contributed by atoms with Crippen LogP contribution in [0.2, 0.25) is 0 Å². The maximum Gasteiger partial charge on any atom is 0.407 e. The average molecular weight is 471 g/mol. The lowest BCUT2D eigenvalue weighted by Gasteiger charge is -2.30. The van der Waals surface area contributed by atoms with Gasteiger partial charge >= 0.3 is 6.09 Å². The highest BCUT2D eigenvalue weighted by molar-refractivity contribution is 6.03. The fourth-order valence-corrected chi connectivity index (χ4v) is 5.24. The van der Waals surface area contributed by atoms with Gasteiger partial charge in [-0.05, 0) is 70.6 Å². The second-order valence-electron chi connectivity index (χ2n) is 10.5. The lowest BCUT2D eigenvalue weighted by atomic mass is 9.80. The zero-order valence-corrected chi connectivity index (χ0v) is 20.7. The number of nitrogens with zero attached hydrogens (tertiary/aromatic N) is 3. The molecule has 0 aromatic carbocycles. The summed E-state index contributed by atoms with van der Waals surface area (Å²) in [6.45, 7) is 8.41. The molecule has 0 bridgehead atoms. The Labute approximate surface area is 201 Å². The summed E-state index contributed by atoms with van der Waals surface area (Å²) in [7, 11) is 0. The molecule has 2 aliphatic carbocycles. The summed E-state index contributed by atoms with van der Waals surface area (Å²) in [5.41, 5.74) is 1.49. The lowest BCUT2D eigenvalue weighted by Crippen LogP contribution is -2.33. The maximum atomic E-state index is 12.8. The number of amides is 2. The third-order valence-electron chi connectivity index (χ3n) is 7.27. The molecule has 186 valence electrons. The van der Waals surface area contributed by atoms with Crippen molar-refractivity contribution in [3.63, 3.8) is 0 Å². The van der Waals surface area contributed by atoms with Crippen molar-refractivity contribution in [3.8, 4) is 0 Å². The predicted octanol–water partition coefficient (Wildman–Crippen LogP) is 5.02. The molecular weight excluding hydrogens is 432 g/mol. The molecule has 2 fully saturated rings. The summed E-state index contributed by atoms with van der Waals surface area (Å²) in [5, 5.41) is 17.4. The molecule has 0 unspecified atom stereocenters. The van der Waals surface area contributed by atoms with Crippen molar-refractivity contribution in [2.75, 3.05) is 5.32 Å². The Balaban J connectivity index is 1.28. The Bertz CT molecular complexity index is 973. The molecule has 2 aliphatic rings. The first-order chi connectivity index (χ1) is 16.3. The van der Waals surface area contributed by atoms with Gasteiger partial charge in [-0.2, -0.15) is 10.2 Å². The number of aromatic nitrogens is 4. The smallest absolute Gasteiger partial charge is 0.407 e. The topological polar surface area (TPSA) is 114 Å². The van der Waals surface area contributed by atoms with Crippen molar-refractivity contribution in [2.24, 2.45) is 11.8 Å². The lowest BCUT2D eigenvalue weighted by molar-refractivity contribution is 0.0979. The van der Waals surface area contributed by atoms with E-state index in [2.05, 4.69) is 39.8 Å². The van der Waals surface area contributed by atoms with Crippen LogP contribution in [0.15, 0.2) is 18.5 Å². The van der Waals surface area contributed by atoms with Crippen LogP contribution in [-0.2, 0) is 4.74 Å². The van der Waals surface area contributed by atoms with Crippen molar-refractivity contribution < 1.29 is 14.3 Å². The normalized spacial score (nSPS) is 25.0. The zero-order valence-electron chi connectivity index (χ0n) is 20.7. The van der Waals surface area contributed by atoms with Gasteiger partial charge in [0.2, 0.25) is 0 Å². The minimum absolute atomic E-state index is 0.0514. The number of ether oxygens (including phenoxy) is 1. The molecule has 4 rings (SSSR count). The van der Waals surface area contributed by atoms with Gasteiger partial charge in [-0.3, -0.25) is 14.6 Å². The van der Waals surface area contributed by atoms with Crippen LogP contribution in [0.1, 0.15) is 101 Å². The van der Waals surface area contributed by atoms with Crippen molar-refractivity contribution in [1.82, 2.24) is 25.3 Å². The van der Waals surface area contributed by atoms with E-state index in [1.54, 1.807) is 6.20 Å². The van der Waals surface area contributed by atoms with Gasteiger partial charge in [0.15, 0.2) is 5.82 Å². The highest BCUT2D eigenvalue weighted by Gasteiger charge is 2.30. The SMILES string of the molecule is CC(C)NC(=O)O[C@@H]1CC[C@H](c2cc(NC(=O)c3cnn(C4CCC(C(C)C)CC4)c3)n[nH]2)C1. The van der Waals surface area contributed by atoms with Crippen LogP contribution >= 0.6 is 0 Å². The minimum atomic E-state index is -0.369. The van der Waals surface area contributed by atoms with Crippen LogP contribution in [0.5, 0.6) is 0 Å². The van der Waals surface area contributed by atoms with Gasteiger partial charge in [-0.25, -0.2) is 4.79 Å². The number of carbonyl (C=O) groups is 2. The number of hydrogen-bond acceptors (Lipinski definition) is 5. The third kappa shape index (κ3) is 5.98. The Kier molecular flexibility index (Phi) is 7.58. The van der Waals surface area contributed by atoms with E-state index in [4.69, 9.17) is 4.74 Å². The first-order valence-corrected chi connectivity index (χ1v) is 12.7. The fraction of sp³-hybridized carbons (Fsp3) is 0.680. The number of nitrogens with one attached hydrogen (secondary N) is 3. The average Bonchev–Trinajstić information content (AvgIpc) is 3.54. The molecule has 2 amide bonds. The molecule has 34 heavy (non-hydrogen) atoms. The number of carbonyl (C=O) groups excluding carboxylic acids is 2. The summed E-state index contributed by atoms with van der Waals surface area (Å²) >= 11 is 0. The van der Waals surface area contributed by atoms with Crippen LogP contribution in [0, 0.1) is 11.8 Å². The van der Waals surface area contributed by atoms with Crippen molar-refractivity contribution in [3.05, 3.63) is 29.7 Å². The third-order valence-corrected chi connectivity index (χ3v) is 7.27. The number of alkyl carbamates (subject to hydrolysis) is 1. The van der Waals surface area contributed by atoms with Crippen LogP contribution < -0.4 is 10.6 Å². The molecule has 0 spiro atoms. The molecule has 2 heterocycles. The summed E-state index contributed by atoms with van der Waals surface area (Å²) in [6.07, 6.45) is 10.1. The maximum absolute atomic E-state index is 12.8. The molecule has 9 nitrogen and oxygen atoms in total. The molecule has 2 saturated carbocycles. The molecule has 2 atom stereocenters. The van der Waals surface area contributed by atoms with Crippen LogP contribution in [-0.4, -0.2) is 44.1 Å². The predicted molar refractivity (Wildman–Crippen MR) is 130 cm³/mol. The van der Waals surface area contributed by atoms with E-state index in [1.165, 1.54) is 12.8 Å². The highest BCUT2D eigenvalue weighted by atomic mass is 16.6. The highest BCUT2D eigenvalue weighted by Crippen LogP contribution is 2.37. The van der Waals surface area contributed by atoms with Gasteiger partial charge in [0.25, 0.3) is 5.91 Å². The van der Waals surface area contributed by atoms with E-state index < -0.39 is 0 Å². The second-order valence-corrected chi connectivity index (χ2v) is 10.5. The van der Waals surface area contributed by atoms with Gasteiger partial charge in [0, 0.05) is 29.9 Å². The van der Waals surface area contributed by atoms with E-state index in [9.17, 15) is 9.59 Å². The first-order valence-electron chi connectivity index (χ1n) is 12.7. The van der Waals surface area contributed by atoms with Gasteiger partial charge in [-0.15, -0.1) is 0 Å². The quantitative estimate of drug-likeness (QED) is 0.526. The van der Waals surface area contributed by atoms with E-state index in [1.807, 2.05) is 30.8 Å². The monoisotopic (exact) mass is 470 g/mol. The summed E-state index contributed by atoms with van der Waals surface area (Å²) in [4.78, 5) is 24.6. The fourth-order valence-electron chi connectivity index (χ4n) is 5.24. The minimum Gasteiger partial charge on any atom is -0.446 e. The number of aromatic amines is 1. The van der Waals surface area contributed by atoms with Crippen molar-refractivity contribution >= 4 is 17.8 Å². The van der Waals surface area contributed by atoms with Gasteiger partial charge in [0.1, 0.15) is 6.10 Å². The van der Waals surface area contributed by atoms with Gasteiger partial charge in [0.05, 0.1) is 17.8 Å². The molecule has 0 aliphatic heterocycles. The van der Waals surface area contributed by atoms with Crippen LogP contribution in [0.3, 0.4) is 0 Å². The number of H-pyrrole nitrogens is 1. The Hall–Kier alpha value is -2.84. The Morgan fingerprint density at radius 2 is 1.88 bits per heavy atom. The molecule has 3 N–H and O–H groups in total. The van der Waals surface area contributed by atoms with Crippen molar-refractivity contribution in [1.29, 1.82) is 0 Å². The van der Waals surface area contributed by atoms with E-state index in [0.717, 1.165) is 49.6 Å². The van der Waals surface area contributed by atoms with Crippen LogP contribution in [0.25, 0.3) is 0 Å². The number of hydrogen-bond donors (Lipinski definition) is 3. The molecule has 9 heteroatoms. The number of anilines is 1. The molecule has 0 saturated heterocycles. The van der Waals surface area contributed by atoms with Gasteiger partial charge in [-0.1, -0.05) is 13.8 Å². The Morgan fingerprint density at radius 3 is 2.59 bits per heavy atom. The van der Waals surface area contributed by atoms with Crippen molar-refractivity contribution in [2.45, 2.75) is 96.7 Å². The standard InChI is InChI=1S/C25H38N6O3/c1-15(2)17-5-8-20(9-6-17)31-14-19(13-26-31)24(32)28-23-12-22(29-30-23)18-7-10-21(11-18)34-25(33)27-16(3)4/h12-18,20-21H,5-11H2,1-4H3,(H,27,33)(H2,28,29,30,32)/t17?,18-,20?,21+/m0/s1. The second kappa shape index (κ2) is 10.6. The largest absolute Gasteiger partial charge is 0.446 e. The molecule has 2 aromatic heterocycles. The molecule has 2 aromatic rings. The first kappa shape index (κ1) is 24.3. The number of rotatable bonds is 7. The van der Waals surface area contributed by atoms with Gasteiger partial charge < -0.3 is 15.4 Å². The van der Waals surface area contributed by atoms with E-state index >= 15 is 0 Å². The van der Waals surface area contributed by atoms with E-state index in [0.29, 0.717) is 17.4 Å². The van der Waals surface area contributed by atoms with E-state index in [-0.39, 0.29) is 30.1 Å². The zero-order chi connectivity index (χ0) is 24.2. The molecular formula is C25H38N6O3. The summed E-state index contributed by atoms with van der Waals surface area (Å²) < 4.78 is 7.46. The summed E-state index contributed by atoms with van der Waals surface area (Å²) in [6, 6.07) is 2.29. The molecule has 0 radical (unpaired) electrons. The Morgan fingerprint density at radius 1 is 1.12 bits per heavy atom.